The molecular formula is C47H33NO. The number of para-hydroxylation sites is 2. The molecule has 2 heteroatoms. The highest BCUT2D eigenvalue weighted by molar-refractivity contribution is 6.15. The maximum absolute atomic E-state index is 6.44. The Kier molecular flexibility index (Phi) is 5.95. The Hall–Kier alpha value is -6.12. The van der Waals surface area contributed by atoms with Gasteiger partial charge in [-0.15, -0.1) is 0 Å². The van der Waals surface area contributed by atoms with Gasteiger partial charge in [0.15, 0.2) is 0 Å². The van der Waals surface area contributed by atoms with Gasteiger partial charge >= 0.3 is 0 Å². The zero-order chi connectivity index (χ0) is 32.7. The summed E-state index contributed by atoms with van der Waals surface area (Å²) >= 11 is 0. The Morgan fingerprint density at radius 2 is 1.08 bits per heavy atom. The van der Waals surface area contributed by atoms with E-state index in [1.165, 1.54) is 44.2 Å². The van der Waals surface area contributed by atoms with Crippen LogP contribution in [0.25, 0.3) is 65.7 Å². The van der Waals surface area contributed by atoms with Crippen molar-refractivity contribution in [1.82, 2.24) is 0 Å². The van der Waals surface area contributed by atoms with Gasteiger partial charge in [0.1, 0.15) is 11.2 Å². The van der Waals surface area contributed by atoms with Crippen molar-refractivity contribution < 1.29 is 4.42 Å². The molecule has 1 aromatic heterocycles. The van der Waals surface area contributed by atoms with E-state index in [-0.39, 0.29) is 5.41 Å². The summed E-state index contributed by atoms with van der Waals surface area (Å²) in [5.74, 6) is 0. The minimum Gasteiger partial charge on any atom is -0.455 e. The summed E-state index contributed by atoms with van der Waals surface area (Å²) in [6.45, 7) is 4.68. The molecule has 0 amide bonds. The van der Waals surface area contributed by atoms with Gasteiger partial charge in [-0.25, -0.2) is 0 Å². The second-order valence-corrected chi connectivity index (χ2v) is 13.7. The molecule has 49 heavy (non-hydrogen) atoms. The predicted octanol–water partition coefficient (Wildman–Crippen LogP) is 13.3. The third-order valence-electron chi connectivity index (χ3n) is 10.7. The summed E-state index contributed by atoms with van der Waals surface area (Å²) in [7, 11) is 0. The predicted molar refractivity (Wildman–Crippen MR) is 206 cm³/mol. The first-order chi connectivity index (χ1) is 24.1. The van der Waals surface area contributed by atoms with Crippen molar-refractivity contribution in [2.45, 2.75) is 19.3 Å². The van der Waals surface area contributed by atoms with Crippen LogP contribution in [-0.4, -0.2) is 0 Å². The molecule has 10 rings (SSSR count). The van der Waals surface area contributed by atoms with Crippen molar-refractivity contribution in [3.63, 3.8) is 0 Å². The van der Waals surface area contributed by atoms with Crippen LogP contribution in [0.2, 0.25) is 0 Å². The van der Waals surface area contributed by atoms with E-state index in [1.54, 1.807) is 0 Å². The van der Waals surface area contributed by atoms with Crippen molar-refractivity contribution in [3.8, 4) is 22.3 Å². The fraction of sp³-hybridized carbons (Fsp3) is 0.0638. The van der Waals surface area contributed by atoms with Crippen LogP contribution in [0.1, 0.15) is 25.0 Å². The zero-order valence-electron chi connectivity index (χ0n) is 27.4. The van der Waals surface area contributed by atoms with Crippen LogP contribution in [0.5, 0.6) is 0 Å². The largest absolute Gasteiger partial charge is 0.455 e. The van der Waals surface area contributed by atoms with Gasteiger partial charge in [-0.2, -0.15) is 0 Å². The Morgan fingerprint density at radius 3 is 2.00 bits per heavy atom. The molecule has 2 nitrogen and oxygen atoms in total. The van der Waals surface area contributed by atoms with E-state index < -0.39 is 0 Å². The zero-order valence-corrected chi connectivity index (χ0v) is 27.4. The molecule has 0 N–H and O–H groups in total. The quantitative estimate of drug-likeness (QED) is 0.193. The van der Waals surface area contributed by atoms with Gasteiger partial charge in [0.2, 0.25) is 0 Å². The molecule has 1 aliphatic rings. The lowest BCUT2D eigenvalue weighted by atomic mass is 9.82. The van der Waals surface area contributed by atoms with E-state index in [0.29, 0.717) is 0 Å². The Labute approximate surface area is 285 Å². The van der Waals surface area contributed by atoms with Crippen LogP contribution in [0, 0.1) is 0 Å². The van der Waals surface area contributed by atoms with Crippen LogP contribution in [0.3, 0.4) is 0 Å². The number of hydrogen-bond donors (Lipinski definition) is 0. The highest BCUT2D eigenvalue weighted by Crippen LogP contribution is 2.51. The summed E-state index contributed by atoms with van der Waals surface area (Å²) in [6.07, 6.45) is 0. The van der Waals surface area contributed by atoms with Crippen molar-refractivity contribution in [2.75, 3.05) is 4.90 Å². The first-order valence-corrected chi connectivity index (χ1v) is 17.0. The minimum atomic E-state index is -0.0585. The SMILES string of the molecule is CC1(C)c2ccccc2-c2cc(N(c3ccc4c(ccc5c6ccccc6oc45)c3)c3ccccc3-c3cccc4ccccc34)ccc21. The van der Waals surface area contributed by atoms with Gasteiger partial charge in [0, 0.05) is 38.5 Å². The van der Waals surface area contributed by atoms with E-state index >= 15 is 0 Å². The average molecular weight is 628 g/mol. The summed E-state index contributed by atoms with van der Waals surface area (Å²) < 4.78 is 6.44. The van der Waals surface area contributed by atoms with E-state index in [9.17, 15) is 0 Å². The Morgan fingerprint density at radius 1 is 0.429 bits per heavy atom. The molecule has 0 saturated heterocycles. The molecule has 0 unspecified atom stereocenters. The third-order valence-corrected chi connectivity index (χ3v) is 10.7. The number of benzene rings is 8. The molecule has 9 aromatic rings. The Balaban J connectivity index is 1.23. The van der Waals surface area contributed by atoms with Crippen LogP contribution < -0.4 is 4.90 Å². The highest BCUT2D eigenvalue weighted by atomic mass is 16.3. The average Bonchev–Trinajstić information content (AvgIpc) is 3.64. The highest BCUT2D eigenvalue weighted by Gasteiger charge is 2.35. The van der Waals surface area contributed by atoms with Gasteiger partial charge in [-0.3, -0.25) is 0 Å². The van der Waals surface area contributed by atoms with Crippen LogP contribution in [-0.2, 0) is 5.41 Å². The molecule has 0 saturated carbocycles. The van der Waals surface area contributed by atoms with E-state index in [1.807, 2.05) is 6.07 Å². The fourth-order valence-corrected chi connectivity index (χ4v) is 8.27. The topological polar surface area (TPSA) is 16.4 Å². The van der Waals surface area contributed by atoms with Crippen molar-refractivity contribution in [1.29, 1.82) is 0 Å². The maximum atomic E-state index is 6.44. The van der Waals surface area contributed by atoms with Crippen molar-refractivity contribution in [3.05, 3.63) is 175 Å². The summed E-state index contributed by atoms with van der Waals surface area (Å²) in [5.41, 5.74) is 12.9. The van der Waals surface area contributed by atoms with Gasteiger partial charge in [-0.1, -0.05) is 129 Å². The summed E-state index contributed by atoms with van der Waals surface area (Å²) in [4.78, 5) is 2.44. The first kappa shape index (κ1) is 27.9. The number of anilines is 3. The lowest BCUT2D eigenvalue weighted by Gasteiger charge is -2.29. The van der Waals surface area contributed by atoms with Crippen LogP contribution >= 0.6 is 0 Å². The molecule has 0 atom stereocenters. The molecular weight excluding hydrogens is 595 g/mol. The lowest BCUT2D eigenvalue weighted by Crippen LogP contribution is -2.15. The normalized spacial score (nSPS) is 13.3. The van der Waals surface area contributed by atoms with Crippen LogP contribution in [0.4, 0.5) is 17.1 Å². The van der Waals surface area contributed by atoms with Gasteiger partial charge in [-0.05, 0) is 92.5 Å². The number of fused-ring (bicyclic) bond motifs is 9. The van der Waals surface area contributed by atoms with Crippen molar-refractivity contribution >= 4 is 60.5 Å². The van der Waals surface area contributed by atoms with Crippen LogP contribution in [0.15, 0.2) is 168 Å². The monoisotopic (exact) mass is 627 g/mol. The fourth-order valence-electron chi connectivity index (χ4n) is 8.27. The number of hydrogen-bond acceptors (Lipinski definition) is 2. The van der Waals surface area contributed by atoms with Gasteiger partial charge < -0.3 is 9.32 Å². The smallest absolute Gasteiger partial charge is 0.143 e. The molecule has 0 radical (unpaired) electrons. The number of nitrogens with zero attached hydrogens (tertiary/aromatic N) is 1. The molecule has 232 valence electrons. The van der Waals surface area contributed by atoms with E-state index in [4.69, 9.17) is 4.42 Å². The maximum Gasteiger partial charge on any atom is 0.143 e. The lowest BCUT2D eigenvalue weighted by molar-refractivity contribution is 0.660. The summed E-state index contributed by atoms with van der Waals surface area (Å²) in [5, 5.41) is 7.03. The molecule has 0 spiro atoms. The third kappa shape index (κ3) is 4.14. The molecule has 0 bridgehead atoms. The second kappa shape index (κ2) is 10.4. The molecule has 1 aliphatic carbocycles. The van der Waals surface area contributed by atoms with E-state index in [2.05, 4.69) is 176 Å². The summed E-state index contributed by atoms with van der Waals surface area (Å²) in [6, 6.07) is 59.6. The molecule has 1 heterocycles. The van der Waals surface area contributed by atoms with E-state index in [0.717, 1.165) is 49.8 Å². The Bertz CT molecular complexity index is 2760. The molecule has 0 aliphatic heterocycles. The van der Waals surface area contributed by atoms with Gasteiger partial charge in [0.05, 0.1) is 5.69 Å². The van der Waals surface area contributed by atoms with Crippen molar-refractivity contribution in [2.24, 2.45) is 0 Å². The second-order valence-electron chi connectivity index (χ2n) is 13.7. The standard InChI is InChI=1S/C47H33NO/c1-47(2)42-19-8-5-15-37(42)41-29-33(24-27-43(41)47)48(44-20-9-6-16-38(44)36-18-11-13-30-12-3-4-14-34(30)36)32-23-26-35-31(28-32)22-25-40-39-17-7-10-21-45(39)49-46(35)40/h3-29H,1-2H3. The molecule has 8 aromatic carbocycles. The molecule has 0 fully saturated rings. The first-order valence-electron chi connectivity index (χ1n) is 17.0. The van der Waals surface area contributed by atoms with Gasteiger partial charge in [0.25, 0.3) is 0 Å². The minimum absolute atomic E-state index is 0.0585. The number of furan rings is 1. The number of rotatable bonds is 4.